The van der Waals surface area contributed by atoms with Crippen LogP contribution in [0.5, 0.6) is 0 Å². The van der Waals surface area contributed by atoms with E-state index in [1.54, 1.807) is 31.3 Å². The number of aromatic nitrogens is 1. The number of hydrogen-bond acceptors (Lipinski definition) is 2. The molecule has 1 aromatic carbocycles. The number of rotatable bonds is 8. The van der Waals surface area contributed by atoms with Gasteiger partial charge in [-0.2, -0.15) is 0 Å². The Kier molecular flexibility index (Phi) is 6.89. The molecule has 1 N–H and O–H groups in total. The van der Waals surface area contributed by atoms with E-state index < -0.39 is 0 Å². The van der Waals surface area contributed by atoms with Crippen molar-refractivity contribution in [3.63, 3.8) is 0 Å². The first-order chi connectivity index (χ1) is 11.6. The van der Waals surface area contributed by atoms with Crippen molar-refractivity contribution in [3.8, 4) is 11.1 Å². The highest BCUT2D eigenvalue weighted by Crippen LogP contribution is 2.22. The predicted octanol–water partition coefficient (Wildman–Crippen LogP) is 5.18. The molecule has 1 aromatic heterocycles. The Labute approximate surface area is 143 Å². The van der Waals surface area contributed by atoms with E-state index in [1.165, 1.54) is 0 Å². The van der Waals surface area contributed by atoms with Gasteiger partial charge in [0.1, 0.15) is 5.82 Å². The lowest BCUT2D eigenvalue weighted by atomic mass is 10.0. The molecule has 0 saturated carbocycles. The quantitative estimate of drug-likeness (QED) is 0.536. The number of allylic oxidation sites excluding steroid dienone is 2. The largest absolute Gasteiger partial charge is 0.393 e. The fourth-order valence-corrected chi connectivity index (χ4v) is 2.46. The molecule has 1 heterocycles. The van der Waals surface area contributed by atoms with Crippen molar-refractivity contribution in [1.82, 2.24) is 4.98 Å². The molecule has 0 aliphatic carbocycles. The minimum absolute atomic E-state index is 0.213. The molecule has 0 saturated heterocycles. The summed E-state index contributed by atoms with van der Waals surface area (Å²) >= 11 is 0. The molecule has 0 spiro atoms. The standard InChI is InChI=1S/C21H24FNO/c1-3-7-17-10-11-18(14-21(17)22)19-12-13-20(23-15-19)9-6-4-5-8-16(2)24/h3,6,9-16,24H,1,4-5,7-8H2,2H3. The molecule has 2 nitrogen and oxygen atoms in total. The molecule has 1 unspecified atom stereocenters. The number of aliphatic hydroxyl groups excluding tert-OH is 1. The zero-order chi connectivity index (χ0) is 17.4. The van der Waals surface area contributed by atoms with Crippen LogP contribution in [0.15, 0.2) is 55.3 Å². The maximum atomic E-state index is 14.0. The topological polar surface area (TPSA) is 33.1 Å². The fourth-order valence-electron chi connectivity index (χ4n) is 2.46. The molecule has 2 aromatic rings. The van der Waals surface area contributed by atoms with Crippen molar-refractivity contribution >= 4 is 6.08 Å². The first kappa shape index (κ1) is 18.1. The van der Waals surface area contributed by atoms with Gasteiger partial charge in [-0.15, -0.1) is 6.58 Å². The molecular weight excluding hydrogens is 301 g/mol. The normalized spacial score (nSPS) is 12.5. The second kappa shape index (κ2) is 9.14. The summed E-state index contributed by atoms with van der Waals surface area (Å²) in [6.07, 6.45) is 10.5. The van der Waals surface area contributed by atoms with Crippen molar-refractivity contribution < 1.29 is 9.50 Å². The van der Waals surface area contributed by atoms with Crippen LogP contribution in [-0.4, -0.2) is 16.2 Å². The van der Waals surface area contributed by atoms with E-state index >= 15 is 0 Å². The fraction of sp³-hybridized carbons (Fsp3) is 0.286. The van der Waals surface area contributed by atoms with Crippen LogP contribution in [0.25, 0.3) is 17.2 Å². The third-order valence-electron chi connectivity index (χ3n) is 3.82. The number of nitrogens with zero attached hydrogens (tertiary/aromatic N) is 1. The van der Waals surface area contributed by atoms with Crippen LogP contribution in [0.1, 0.15) is 37.4 Å². The Morgan fingerprint density at radius 3 is 2.67 bits per heavy atom. The van der Waals surface area contributed by atoms with Gasteiger partial charge >= 0.3 is 0 Å². The smallest absolute Gasteiger partial charge is 0.127 e. The van der Waals surface area contributed by atoms with E-state index in [-0.39, 0.29) is 11.9 Å². The van der Waals surface area contributed by atoms with E-state index in [2.05, 4.69) is 17.6 Å². The third-order valence-corrected chi connectivity index (χ3v) is 3.82. The zero-order valence-corrected chi connectivity index (χ0v) is 14.1. The van der Waals surface area contributed by atoms with Crippen molar-refractivity contribution in [3.05, 3.63) is 72.3 Å². The number of aliphatic hydroxyl groups is 1. The summed E-state index contributed by atoms with van der Waals surface area (Å²) in [4.78, 5) is 4.40. The van der Waals surface area contributed by atoms with Crippen LogP contribution in [0.2, 0.25) is 0 Å². The van der Waals surface area contributed by atoms with Gasteiger partial charge < -0.3 is 5.11 Å². The van der Waals surface area contributed by atoms with E-state index in [0.29, 0.717) is 12.0 Å². The average molecular weight is 325 g/mol. The Morgan fingerprint density at radius 2 is 2.04 bits per heavy atom. The summed E-state index contributed by atoms with van der Waals surface area (Å²) in [6.45, 7) is 5.44. The van der Waals surface area contributed by atoms with Gasteiger partial charge in [-0.05, 0) is 61.9 Å². The monoisotopic (exact) mass is 325 g/mol. The molecule has 2 rings (SSSR count). The number of hydrogen-bond donors (Lipinski definition) is 1. The molecule has 24 heavy (non-hydrogen) atoms. The van der Waals surface area contributed by atoms with Crippen molar-refractivity contribution in [2.24, 2.45) is 0 Å². The summed E-state index contributed by atoms with van der Waals surface area (Å²) in [7, 11) is 0. The van der Waals surface area contributed by atoms with Crippen LogP contribution in [0, 0.1) is 5.82 Å². The van der Waals surface area contributed by atoms with E-state index in [9.17, 15) is 9.50 Å². The highest BCUT2D eigenvalue weighted by molar-refractivity contribution is 5.64. The average Bonchev–Trinajstić information content (AvgIpc) is 2.57. The van der Waals surface area contributed by atoms with Crippen LogP contribution >= 0.6 is 0 Å². The van der Waals surface area contributed by atoms with Crippen LogP contribution < -0.4 is 0 Å². The molecule has 0 amide bonds. The highest BCUT2D eigenvalue weighted by atomic mass is 19.1. The zero-order valence-electron chi connectivity index (χ0n) is 14.1. The molecule has 1 atom stereocenters. The predicted molar refractivity (Wildman–Crippen MR) is 98.1 cm³/mol. The maximum absolute atomic E-state index is 14.0. The Morgan fingerprint density at radius 1 is 1.25 bits per heavy atom. The number of benzene rings is 1. The maximum Gasteiger partial charge on any atom is 0.127 e. The van der Waals surface area contributed by atoms with Gasteiger partial charge in [0.05, 0.1) is 11.8 Å². The minimum Gasteiger partial charge on any atom is -0.393 e. The minimum atomic E-state index is -0.242. The third kappa shape index (κ3) is 5.43. The summed E-state index contributed by atoms with van der Waals surface area (Å²) < 4.78 is 14.0. The van der Waals surface area contributed by atoms with Gasteiger partial charge in [0, 0.05) is 11.8 Å². The van der Waals surface area contributed by atoms with Gasteiger partial charge in [0.2, 0.25) is 0 Å². The van der Waals surface area contributed by atoms with Crippen LogP contribution in [0.3, 0.4) is 0 Å². The second-order valence-corrected chi connectivity index (χ2v) is 5.95. The van der Waals surface area contributed by atoms with Crippen molar-refractivity contribution in [1.29, 1.82) is 0 Å². The van der Waals surface area contributed by atoms with Gasteiger partial charge in [-0.3, -0.25) is 4.98 Å². The summed E-state index contributed by atoms with van der Waals surface area (Å²) in [5.74, 6) is -0.213. The van der Waals surface area contributed by atoms with E-state index in [0.717, 1.165) is 36.1 Å². The number of pyridine rings is 1. The molecule has 0 fully saturated rings. The Balaban J connectivity index is 2.00. The lowest BCUT2D eigenvalue weighted by molar-refractivity contribution is 0.182. The molecular formula is C21H24FNO. The number of unbranched alkanes of at least 4 members (excludes halogenated alkanes) is 1. The molecule has 3 heteroatoms. The van der Waals surface area contributed by atoms with Crippen LogP contribution in [-0.2, 0) is 6.42 Å². The summed E-state index contributed by atoms with van der Waals surface area (Å²) in [5.41, 5.74) is 3.24. The van der Waals surface area contributed by atoms with E-state index in [4.69, 9.17) is 0 Å². The van der Waals surface area contributed by atoms with E-state index in [1.807, 2.05) is 24.3 Å². The summed E-state index contributed by atoms with van der Waals surface area (Å²) in [5, 5.41) is 9.21. The number of halogens is 1. The van der Waals surface area contributed by atoms with Crippen molar-refractivity contribution in [2.75, 3.05) is 0 Å². The summed E-state index contributed by atoms with van der Waals surface area (Å²) in [6, 6.07) is 9.12. The van der Waals surface area contributed by atoms with Gasteiger partial charge in [-0.1, -0.05) is 30.4 Å². The Bertz CT molecular complexity index is 689. The molecule has 126 valence electrons. The van der Waals surface area contributed by atoms with Crippen LogP contribution in [0.4, 0.5) is 4.39 Å². The molecule has 0 aliphatic rings. The molecule has 0 aliphatic heterocycles. The Hall–Kier alpha value is -2.26. The lowest BCUT2D eigenvalue weighted by Gasteiger charge is -2.05. The van der Waals surface area contributed by atoms with Gasteiger partial charge in [0.25, 0.3) is 0 Å². The lowest BCUT2D eigenvalue weighted by Crippen LogP contribution is -1.97. The molecule has 0 radical (unpaired) electrons. The SMILES string of the molecule is C=CCc1ccc(-c2ccc(C=CCCCC(C)O)nc2)cc1F. The first-order valence-electron chi connectivity index (χ1n) is 8.30. The van der Waals surface area contributed by atoms with Gasteiger partial charge in [-0.25, -0.2) is 4.39 Å². The molecule has 0 bridgehead atoms. The highest BCUT2D eigenvalue weighted by Gasteiger charge is 2.04. The van der Waals surface area contributed by atoms with Crippen molar-refractivity contribution in [2.45, 2.75) is 38.7 Å². The first-order valence-corrected chi connectivity index (χ1v) is 8.30. The van der Waals surface area contributed by atoms with Gasteiger partial charge in [0.15, 0.2) is 0 Å². The second-order valence-electron chi connectivity index (χ2n) is 5.95.